The summed E-state index contributed by atoms with van der Waals surface area (Å²) in [6.07, 6.45) is 10.6. The number of rotatable bonds is 3. The maximum atomic E-state index is 5.42. The smallest absolute Gasteiger partial charge is 0.128 e. The minimum atomic E-state index is 0.784. The Balaban J connectivity index is 1.31. The Labute approximate surface area is 157 Å². The van der Waals surface area contributed by atoms with Gasteiger partial charge in [0.15, 0.2) is 0 Å². The number of nitrogens with zero attached hydrogens (tertiary/aromatic N) is 4. The molecule has 2 aromatic heterocycles. The highest BCUT2D eigenvalue weighted by Crippen LogP contribution is 2.31. The molecule has 2 aliphatic heterocycles. The molecule has 0 atom stereocenters. The van der Waals surface area contributed by atoms with Gasteiger partial charge < -0.3 is 14.5 Å². The number of pyridine rings is 1. The van der Waals surface area contributed by atoms with Crippen LogP contribution in [0.4, 0.5) is 5.82 Å². The molecule has 26 heavy (non-hydrogen) atoms. The van der Waals surface area contributed by atoms with E-state index in [4.69, 9.17) is 9.72 Å². The molecule has 0 bridgehead atoms. The van der Waals surface area contributed by atoms with Gasteiger partial charge in [0.1, 0.15) is 10.8 Å². The van der Waals surface area contributed by atoms with Gasteiger partial charge in [0.25, 0.3) is 0 Å². The van der Waals surface area contributed by atoms with Crippen molar-refractivity contribution in [3.63, 3.8) is 0 Å². The fraction of sp³-hybridized carbons (Fsp3) is 0.400. The maximum Gasteiger partial charge on any atom is 0.128 e. The SMILES string of the molecule is C1=CC(N2CCc3nc(-c4ccc(N5CCOCC5)nc4)sc3CC2)=C1. The zero-order valence-corrected chi connectivity index (χ0v) is 15.5. The van der Waals surface area contributed by atoms with Crippen molar-refractivity contribution in [2.24, 2.45) is 0 Å². The van der Waals surface area contributed by atoms with Gasteiger partial charge in [-0.1, -0.05) is 6.08 Å². The van der Waals surface area contributed by atoms with Crippen molar-refractivity contribution in [3.05, 3.63) is 52.8 Å². The lowest BCUT2D eigenvalue weighted by Crippen LogP contribution is -2.36. The first kappa shape index (κ1) is 16.0. The van der Waals surface area contributed by atoms with Gasteiger partial charge in [-0.2, -0.15) is 0 Å². The summed E-state index contributed by atoms with van der Waals surface area (Å²) in [6, 6.07) is 4.27. The van der Waals surface area contributed by atoms with E-state index in [1.54, 1.807) is 0 Å². The van der Waals surface area contributed by atoms with Gasteiger partial charge in [0, 0.05) is 61.4 Å². The Bertz CT molecular complexity index is 824. The van der Waals surface area contributed by atoms with Crippen LogP contribution in [0, 0.1) is 0 Å². The van der Waals surface area contributed by atoms with Crippen molar-refractivity contribution in [2.75, 3.05) is 44.3 Å². The van der Waals surface area contributed by atoms with Crippen molar-refractivity contribution in [3.8, 4) is 10.6 Å². The Morgan fingerprint density at radius 1 is 1.00 bits per heavy atom. The van der Waals surface area contributed by atoms with Crippen LogP contribution in [-0.2, 0) is 17.6 Å². The Morgan fingerprint density at radius 3 is 2.58 bits per heavy atom. The molecule has 5 rings (SSSR count). The van der Waals surface area contributed by atoms with E-state index in [9.17, 15) is 0 Å². The number of thiazole rings is 1. The molecule has 4 heterocycles. The van der Waals surface area contributed by atoms with Gasteiger partial charge in [0.05, 0.1) is 18.9 Å². The predicted octanol–water partition coefficient (Wildman–Crippen LogP) is 2.90. The molecule has 1 fully saturated rings. The quantitative estimate of drug-likeness (QED) is 0.836. The van der Waals surface area contributed by atoms with Crippen LogP contribution in [0.3, 0.4) is 0 Å². The summed E-state index contributed by atoms with van der Waals surface area (Å²) < 4.78 is 5.42. The monoisotopic (exact) mass is 366 g/mol. The lowest BCUT2D eigenvalue weighted by atomic mass is 10.2. The number of aromatic nitrogens is 2. The lowest BCUT2D eigenvalue weighted by Gasteiger charge is -2.27. The number of ether oxygens (including phenoxy) is 1. The predicted molar refractivity (Wildman–Crippen MR) is 105 cm³/mol. The number of hydrogen-bond acceptors (Lipinski definition) is 6. The molecule has 5 nitrogen and oxygen atoms in total. The summed E-state index contributed by atoms with van der Waals surface area (Å²) in [4.78, 5) is 15.8. The zero-order valence-electron chi connectivity index (χ0n) is 14.7. The average molecular weight is 366 g/mol. The van der Waals surface area contributed by atoms with Gasteiger partial charge in [0.2, 0.25) is 0 Å². The van der Waals surface area contributed by atoms with Gasteiger partial charge >= 0.3 is 0 Å². The first-order valence-corrected chi connectivity index (χ1v) is 10.1. The van der Waals surface area contributed by atoms with E-state index in [1.807, 2.05) is 17.5 Å². The van der Waals surface area contributed by atoms with E-state index in [0.29, 0.717) is 0 Å². The molecule has 0 amide bonds. The molecule has 0 unspecified atom stereocenters. The molecule has 0 radical (unpaired) electrons. The van der Waals surface area contributed by atoms with Crippen LogP contribution in [0.25, 0.3) is 10.6 Å². The summed E-state index contributed by atoms with van der Waals surface area (Å²) in [6.45, 7) is 5.54. The second-order valence-electron chi connectivity index (χ2n) is 6.83. The Morgan fingerprint density at radius 2 is 1.85 bits per heavy atom. The number of allylic oxidation sites excluding steroid dienone is 3. The largest absolute Gasteiger partial charge is 0.378 e. The van der Waals surface area contributed by atoms with Gasteiger partial charge in [-0.25, -0.2) is 9.97 Å². The van der Waals surface area contributed by atoms with Crippen LogP contribution >= 0.6 is 11.3 Å². The third-order valence-electron chi connectivity index (χ3n) is 5.23. The van der Waals surface area contributed by atoms with Crippen LogP contribution in [0.1, 0.15) is 10.6 Å². The van der Waals surface area contributed by atoms with E-state index in [1.165, 1.54) is 16.3 Å². The van der Waals surface area contributed by atoms with Crippen LogP contribution < -0.4 is 4.90 Å². The van der Waals surface area contributed by atoms with Crippen LogP contribution in [0.5, 0.6) is 0 Å². The van der Waals surface area contributed by atoms with E-state index >= 15 is 0 Å². The highest BCUT2D eigenvalue weighted by atomic mass is 32.1. The van der Waals surface area contributed by atoms with Crippen LogP contribution in [-0.4, -0.2) is 54.3 Å². The van der Waals surface area contributed by atoms with Crippen LogP contribution in [0.15, 0.2) is 42.3 Å². The summed E-state index contributed by atoms with van der Waals surface area (Å²) in [5.41, 5.74) is 3.76. The average Bonchev–Trinajstić information content (AvgIpc) is 2.97. The molecule has 0 N–H and O–H groups in total. The van der Waals surface area contributed by atoms with Crippen molar-refractivity contribution < 1.29 is 4.74 Å². The van der Waals surface area contributed by atoms with Crippen molar-refractivity contribution in [1.29, 1.82) is 0 Å². The second kappa shape index (κ2) is 6.85. The first-order chi connectivity index (χ1) is 12.9. The summed E-state index contributed by atoms with van der Waals surface area (Å²) in [7, 11) is 0. The van der Waals surface area contributed by atoms with Crippen molar-refractivity contribution in [2.45, 2.75) is 12.8 Å². The minimum Gasteiger partial charge on any atom is -0.378 e. The second-order valence-corrected chi connectivity index (χ2v) is 7.91. The third kappa shape index (κ3) is 3.04. The fourth-order valence-electron chi connectivity index (χ4n) is 3.63. The molecular formula is C20H22N4OS. The van der Waals surface area contributed by atoms with E-state index in [0.717, 1.165) is 68.6 Å². The fourth-order valence-corrected chi connectivity index (χ4v) is 4.72. The van der Waals surface area contributed by atoms with Crippen LogP contribution in [0.2, 0.25) is 0 Å². The molecule has 0 aromatic carbocycles. The van der Waals surface area contributed by atoms with Gasteiger partial charge in [-0.3, -0.25) is 0 Å². The molecule has 1 saturated heterocycles. The van der Waals surface area contributed by atoms with E-state index < -0.39 is 0 Å². The van der Waals surface area contributed by atoms with Gasteiger partial charge in [-0.15, -0.1) is 11.3 Å². The van der Waals surface area contributed by atoms with Crippen molar-refractivity contribution in [1.82, 2.24) is 14.9 Å². The molecule has 2 aromatic rings. The lowest BCUT2D eigenvalue weighted by molar-refractivity contribution is 0.122. The molecule has 3 aliphatic rings. The standard InChI is InChI=1S/C20H22N4OS/c1-2-16(3-1)23-8-6-17-18(7-9-23)26-20(22-17)15-4-5-19(21-14-15)24-10-12-25-13-11-24/h1-5,14H,6-13H2. The molecule has 0 spiro atoms. The molecule has 134 valence electrons. The Hall–Kier alpha value is -2.18. The molecule has 6 heteroatoms. The normalized spacial score (nSPS) is 19.6. The zero-order chi connectivity index (χ0) is 17.3. The van der Waals surface area contributed by atoms with Gasteiger partial charge in [-0.05, 0) is 24.3 Å². The Kier molecular flexibility index (Phi) is 4.22. The number of fused-ring (bicyclic) bond motifs is 1. The topological polar surface area (TPSA) is 41.5 Å². The number of morpholine rings is 1. The number of anilines is 1. The van der Waals surface area contributed by atoms with E-state index in [2.05, 4.69) is 45.1 Å². The minimum absolute atomic E-state index is 0.784. The summed E-state index contributed by atoms with van der Waals surface area (Å²) >= 11 is 1.83. The van der Waals surface area contributed by atoms with Crippen molar-refractivity contribution >= 4 is 17.2 Å². The highest BCUT2D eigenvalue weighted by Gasteiger charge is 2.20. The number of hydrogen-bond donors (Lipinski definition) is 0. The first-order valence-electron chi connectivity index (χ1n) is 9.28. The molecular weight excluding hydrogens is 344 g/mol. The molecule has 1 aliphatic carbocycles. The maximum absolute atomic E-state index is 5.42. The summed E-state index contributed by atoms with van der Waals surface area (Å²) in [5, 5.41) is 1.10. The highest BCUT2D eigenvalue weighted by molar-refractivity contribution is 7.15. The third-order valence-corrected chi connectivity index (χ3v) is 6.44. The van der Waals surface area contributed by atoms with E-state index in [-0.39, 0.29) is 0 Å². The summed E-state index contributed by atoms with van der Waals surface area (Å²) in [5.74, 6) is 1.03. The molecule has 0 saturated carbocycles.